The number of aryl methyl sites for hydroxylation is 2. The Labute approximate surface area is 107 Å². The molecule has 0 aliphatic carbocycles. The minimum absolute atomic E-state index is 0.113. The highest BCUT2D eigenvalue weighted by Gasteiger charge is 2.14. The molecule has 0 amide bonds. The minimum Gasteiger partial charge on any atom is -0.478 e. The molecule has 0 aliphatic rings. The van der Waals surface area contributed by atoms with Gasteiger partial charge >= 0.3 is 11.9 Å². The van der Waals surface area contributed by atoms with E-state index in [9.17, 15) is 9.59 Å². The molecular formula is C11H12N4O4. The van der Waals surface area contributed by atoms with Crippen molar-refractivity contribution in [1.82, 2.24) is 19.6 Å². The fraction of sp³-hybridized carbons (Fsp3) is 0.273. The highest BCUT2D eigenvalue weighted by atomic mass is 16.4. The van der Waals surface area contributed by atoms with Gasteiger partial charge in [0.05, 0.1) is 11.4 Å². The molecule has 0 radical (unpaired) electrons. The summed E-state index contributed by atoms with van der Waals surface area (Å²) in [6, 6.07) is 0. The zero-order valence-electron chi connectivity index (χ0n) is 10.4. The normalized spacial score (nSPS) is 10.6. The van der Waals surface area contributed by atoms with E-state index in [1.54, 1.807) is 13.8 Å². The van der Waals surface area contributed by atoms with Crippen LogP contribution in [0.15, 0.2) is 12.4 Å². The monoisotopic (exact) mass is 264 g/mol. The highest BCUT2D eigenvalue weighted by Crippen LogP contribution is 2.08. The van der Waals surface area contributed by atoms with Crippen LogP contribution in [-0.4, -0.2) is 41.7 Å². The van der Waals surface area contributed by atoms with Crippen LogP contribution >= 0.6 is 0 Å². The predicted molar refractivity (Wildman–Crippen MR) is 63.2 cm³/mol. The van der Waals surface area contributed by atoms with Gasteiger partial charge in [-0.15, -0.1) is 0 Å². The Kier molecular flexibility index (Phi) is 3.07. The van der Waals surface area contributed by atoms with Crippen LogP contribution in [0.2, 0.25) is 0 Å². The lowest BCUT2D eigenvalue weighted by molar-refractivity contribution is 0.0685. The molecule has 2 heterocycles. The molecule has 0 saturated heterocycles. The summed E-state index contributed by atoms with van der Waals surface area (Å²) >= 11 is 0. The molecule has 2 rings (SSSR count). The topological polar surface area (TPSA) is 110 Å². The van der Waals surface area contributed by atoms with Crippen molar-refractivity contribution in [3.63, 3.8) is 0 Å². The second-order valence-corrected chi connectivity index (χ2v) is 4.09. The van der Waals surface area contributed by atoms with Crippen LogP contribution in [0.4, 0.5) is 0 Å². The summed E-state index contributed by atoms with van der Waals surface area (Å²) in [5.74, 6) is -2.10. The molecule has 8 nitrogen and oxygen atoms in total. The Morgan fingerprint density at radius 1 is 1.00 bits per heavy atom. The first kappa shape index (κ1) is 12.8. The van der Waals surface area contributed by atoms with Crippen molar-refractivity contribution in [2.24, 2.45) is 0 Å². The zero-order valence-corrected chi connectivity index (χ0v) is 10.4. The van der Waals surface area contributed by atoms with Gasteiger partial charge in [0.1, 0.15) is 17.8 Å². The number of aromatic carboxylic acids is 2. The van der Waals surface area contributed by atoms with Gasteiger partial charge in [-0.25, -0.2) is 19.0 Å². The lowest BCUT2D eigenvalue weighted by Crippen LogP contribution is -2.09. The number of aromatic nitrogens is 4. The highest BCUT2D eigenvalue weighted by molar-refractivity contribution is 5.88. The molecule has 0 saturated carbocycles. The van der Waals surface area contributed by atoms with E-state index in [1.807, 2.05) is 0 Å². The molecule has 0 atom stereocenters. The van der Waals surface area contributed by atoms with E-state index in [0.29, 0.717) is 11.4 Å². The lowest BCUT2D eigenvalue weighted by atomic mass is 10.3. The van der Waals surface area contributed by atoms with Gasteiger partial charge in [0.25, 0.3) is 0 Å². The third kappa shape index (κ3) is 2.46. The number of carboxylic acid groups (broad SMARTS) is 2. The lowest BCUT2D eigenvalue weighted by Gasteiger charge is -2.00. The van der Waals surface area contributed by atoms with Crippen molar-refractivity contribution in [1.29, 1.82) is 0 Å². The second kappa shape index (κ2) is 4.56. The molecule has 0 aliphatic heterocycles. The van der Waals surface area contributed by atoms with Gasteiger partial charge in [0, 0.05) is 12.4 Å². The fourth-order valence-electron chi connectivity index (χ4n) is 1.75. The molecule has 0 unspecified atom stereocenters. The van der Waals surface area contributed by atoms with E-state index in [2.05, 4.69) is 10.2 Å². The van der Waals surface area contributed by atoms with Crippen molar-refractivity contribution in [3.05, 3.63) is 34.9 Å². The van der Waals surface area contributed by atoms with Gasteiger partial charge in [-0.1, -0.05) is 0 Å². The number of carbonyl (C=O) groups is 2. The number of carboxylic acids is 2. The van der Waals surface area contributed by atoms with Crippen LogP contribution in [0.25, 0.3) is 0 Å². The molecule has 0 fully saturated rings. The molecule has 2 aromatic heterocycles. The van der Waals surface area contributed by atoms with Gasteiger partial charge in [-0.3, -0.25) is 0 Å². The van der Waals surface area contributed by atoms with Crippen LogP contribution in [0.3, 0.4) is 0 Å². The summed E-state index contributed by atoms with van der Waals surface area (Å²) in [5, 5.41) is 25.9. The number of nitrogens with zero attached hydrogens (tertiary/aromatic N) is 4. The Hall–Kier alpha value is -2.64. The smallest absolute Gasteiger partial charge is 0.339 e. The average molecular weight is 264 g/mol. The molecule has 2 aromatic rings. The van der Waals surface area contributed by atoms with Crippen molar-refractivity contribution in [2.75, 3.05) is 0 Å². The van der Waals surface area contributed by atoms with Crippen molar-refractivity contribution >= 4 is 11.9 Å². The first-order valence-corrected chi connectivity index (χ1v) is 5.43. The number of rotatable bonds is 4. The van der Waals surface area contributed by atoms with Gasteiger partial charge in [0.15, 0.2) is 0 Å². The van der Waals surface area contributed by atoms with E-state index < -0.39 is 11.9 Å². The molecule has 2 N–H and O–H groups in total. The maximum atomic E-state index is 10.9. The summed E-state index contributed by atoms with van der Waals surface area (Å²) in [6.07, 6.45) is 2.77. The van der Waals surface area contributed by atoms with E-state index in [4.69, 9.17) is 10.2 Å². The molecule has 19 heavy (non-hydrogen) atoms. The molecule has 0 bridgehead atoms. The van der Waals surface area contributed by atoms with Gasteiger partial charge < -0.3 is 10.2 Å². The second-order valence-electron chi connectivity index (χ2n) is 4.09. The van der Waals surface area contributed by atoms with Gasteiger partial charge in [-0.2, -0.15) is 10.2 Å². The maximum Gasteiger partial charge on any atom is 0.339 e. The Bertz CT molecular complexity index is 599. The Morgan fingerprint density at radius 2 is 1.37 bits per heavy atom. The average Bonchev–Trinajstić information content (AvgIpc) is 2.82. The van der Waals surface area contributed by atoms with Crippen LogP contribution in [0.5, 0.6) is 0 Å². The molecule has 8 heteroatoms. The van der Waals surface area contributed by atoms with E-state index in [1.165, 1.54) is 21.8 Å². The Balaban J connectivity index is 2.26. The van der Waals surface area contributed by atoms with Crippen molar-refractivity contribution < 1.29 is 19.8 Å². The largest absolute Gasteiger partial charge is 0.478 e. The fourth-order valence-corrected chi connectivity index (χ4v) is 1.75. The maximum absolute atomic E-state index is 10.9. The van der Waals surface area contributed by atoms with Crippen molar-refractivity contribution in [3.8, 4) is 0 Å². The van der Waals surface area contributed by atoms with Crippen molar-refractivity contribution in [2.45, 2.75) is 20.5 Å². The molecule has 100 valence electrons. The summed E-state index contributed by atoms with van der Waals surface area (Å²) in [6.45, 7) is 3.34. The van der Waals surface area contributed by atoms with Crippen LogP contribution < -0.4 is 0 Å². The van der Waals surface area contributed by atoms with E-state index >= 15 is 0 Å². The van der Waals surface area contributed by atoms with E-state index in [0.717, 1.165) is 0 Å². The van der Waals surface area contributed by atoms with Crippen LogP contribution in [-0.2, 0) is 6.67 Å². The van der Waals surface area contributed by atoms with E-state index in [-0.39, 0.29) is 17.8 Å². The zero-order chi connectivity index (χ0) is 14.2. The van der Waals surface area contributed by atoms with Crippen LogP contribution in [0.1, 0.15) is 32.1 Å². The first-order chi connectivity index (χ1) is 8.88. The quantitative estimate of drug-likeness (QED) is 0.836. The summed E-state index contributed by atoms with van der Waals surface area (Å²) in [7, 11) is 0. The minimum atomic E-state index is -1.05. The van der Waals surface area contributed by atoms with Crippen LogP contribution in [0, 0.1) is 13.8 Å². The molecular weight excluding hydrogens is 252 g/mol. The molecule has 0 spiro atoms. The van der Waals surface area contributed by atoms with Gasteiger partial charge in [-0.05, 0) is 13.8 Å². The SMILES string of the molecule is Cc1nn(Cn2cc(C(=O)O)c(C)n2)cc1C(=O)O. The predicted octanol–water partition coefficient (Wildman–Crippen LogP) is 0.599. The van der Waals surface area contributed by atoms with Gasteiger partial charge in [0.2, 0.25) is 0 Å². The first-order valence-electron chi connectivity index (χ1n) is 5.43. The third-order valence-corrected chi connectivity index (χ3v) is 2.64. The standard InChI is InChI=1S/C11H12N4O4/c1-6-8(10(16)17)3-14(12-6)5-15-4-9(11(18)19)7(2)13-15/h3-4H,5H2,1-2H3,(H,16,17)(H,18,19). The number of hydrogen-bond donors (Lipinski definition) is 2. The molecule has 0 aromatic carbocycles. The Morgan fingerprint density at radius 3 is 1.63 bits per heavy atom. The summed E-state index contributed by atoms with van der Waals surface area (Å²) in [4.78, 5) is 21.8. The third-order valence-electron chi connectivity index (χ3n) is 2.64. The summed E-state index contributed by atoms with van der Waals surface area (Å²) < 4.78 is 2.80. The number of hydrogen-bond acceptors (Lipinski definition) is 4. The summed E-state index contributed by atoms with van der Waals surface area (Å²) in [5.41, 5.74) is 1.02.